The standard InChI is InChI=1S/C18H22O2/c1-18-9-8-14-13-5-3-12(19)10-11(13)2-4-15(14)16(18)6-7-17(18)20/h3,5,10,14-16,19H,2,4,6-9H2,1H3/t14-,15+,16+,18+/m0/s1. The van der Waals surface area contributed by atoms with Crippen LogP contribution >= 0.6 is 0 Å². The molecule has 106 valence electrons. The van der Waals surface area contributed by atoms with Crippen molar-refractivity contribution < 1.29 is 9.90 Å². The van der Waals surface area contributed by atoms with Crippen LogP contribution in [-0.4, -0.2) is 10.9 Å². The first kappa shape index (κ1) is 12.4. The molecule has 0 spiro atoms. The number of fused-ring (bicyclic) bond motifs is 5. The van der Waals surface area contributed by atoms with Gasteiger partial charge in [-0.3, -0.25) is 4.79 Å². The Kier molecular flexibility index (Phi) is 2.55. The third-order valence-electron chi connectivity index (χ3n) is 6.42. The molecule has 2 saturated carbocycles. The normalized spacial score (nSPS) is 39.0. The fourth-order valence-corrected chi connectivity index (χ4v) is 5.34. The summed E-state index contributed by atoms with van der Waals surface area (Å²) in [6, 6.07) is 5.90. The first-order chi connectivity index (χ1) is 9.59. The van der Waals surface area contributed by atoms with Gasteiger partial charge in [0.1, 0.15) is 11.5 Å². The lowest BCUT2D eigenvalue weighted by Crippen LogP contribution is -2.42. The highest BCUT2D eigenvalue weighted by molar-refractivity contribution is 5.87. The van der Waals surface area contributed by atoms with E-state index in [1.54, 1.807) is 0 Å². The predicted molar refractivity (Wildman–Crippen MR) is 77.7 cm³/mol. The van der Waals surface area contributed by atoms with E-state index < -0.39 is 0 Å². The maximum Gasteiger partial charge on any atom is 0.139 e. The number of aryl methyl sites for hydroxylation is 1. The molecule has 3 aliphatic rings. The van der Waals surface area contributed by atoms with Gasteiger partial charge in [0.2, 0.25) is 0 Å². The van der Waals surface area contributed by atoms with Crippen molar-refractivity contribution in [1.82, 2.24) is 0 Å². The fourth-order valence-electron chi connectivity index (χ4n) is 5.34. The second-order valence-corrected chi connectivity index (χ2v) is 7.22. The van der Waals surface area contributed by atoms with Gasteiger partial charge in [-0.25, -0.2) is 0 Å². The Bertz CT molecular complexity index is 577. The summed E-state index contributed by atoms with van der Waals surface area (Å²) >= 11 is 0. The first-order valence-electron chi connectivity index (χ1n) is 7.95. The van der Waals surface area contributed by atoms with Crippen LogP contribution in [0.2, 0.25) is 0 Å². The molecule has 0 saturated heterocycles. The van der Waals surface area contributed by atoms with Crippen LogP contribution in [0.5, 0.6) is 5.75 Å². The maximum atomic E-state index is 12.3. The number of phenols is 1. The van der Waals surface area contributed by atoms with Crippen molar-refractivity contribution in [2.45, 2.75) is 51.4 Å². The van der Waals surface area contributed by atoms with E-state index in [1.807, 2.05) is 12.1 Å². The summed E-state index contributed by atoms with van der Waals surface area (Å²) in [6.07, 6.45) is 6.34. The lowest BCUT2D eigenvalue weighted by Gasteiger charge is -2.48. The Morgan fingerprint density at radius 2 is 2.05 bits per heavy atom. The Morgan fingerprint density at radius 1 is 1.20 bits per heavy atom. The van der Waals surface area contributed by atoms with Crippen LogP contribution < -0.4 is 0 Å². The van der Waals surface area contributed by atoms with E-state index in [-0.39, 0.29) is 5.41 Å². The highest BCUT2D eigenvalue weighted by atomic mass is 16.3. The number of hydrogen-bond donors (Lipinski definition) is 1. The molecule has 0 aromatic heterocycles. The van der Waals surface area contributed by atoms with Gasteiger partial charge in [0, 0.05) is 11.8 Å². The molecule has 2 fully saturated rings. The molecular formula is C18H22O2. The van der Waals surface area contributed by atoms with Crippen molar-refractivity contribution in [3.05, 3.63) is 29.3 Å². The van der Waals surface area contributed by atoms with E-state index in [9.17, 15) is 9.90 Å². The molecule has 1 N–H and O–H groups in total. The summed E-state index contributed by atoms with van der Waals surface area (Å²) in [4.78, 5) is 12.3. The van der Waals surface area contributed by atoms with Gasteiger partial charge in [-0.2, -0.15) is 0 Å². The van der Waals surface area contributed by atoms with Crippen molar-refractivity contribution in [1.29, 1.82) is 0 Å². The Hall–Kier alpha value is -1.31. The minimum atomic E-state index is -0.0322. The number of carbonyl (C=O) groups is 1. The van der Waals surface area contributed by atoms with Gasteiger partial charge in [-0.15, -0.1) is 0 Å². The number of carbonyl (C=O) groups excluding carboxylic acids is 1. The molecule has 20 heavy (non-hydrogen) atoms. The summed E-state index contributed by atoms with van der Waals surface area (Å²) in [5, 5.41) is 9.67. The minimum absolute atomic E-state index is 0.0322. The average molecular weight is 270 g/mol. The molecule has 0 aliphatic heterocycles. The zero-order valence-electron chi connectivity index (χ0n) is 12.1. The molecule has 3 aliphatic carbocycles. The molecule has 4 rings (SSSR count). The van der Waals surface area contributed by atoms with E-state index in [1.165, 1.54) is 17.5 Å². The second-order valence-electron chi connectivity index (χ2n) is 7.22. The quantitative estimate of drug-likeness (QED) is 0.778. The zero-order chi connectivity index (χ0) is 13.9. The van der Waals surface area contributed by atoms with Crippen LogP contribution in [0.1, 0.15) is 56.1 Å². The molecule has 0 unspecified atom stereocenters. The molecule has 4 atom stereocenters. The van der Waals surface area contributed by atoms with Crippen LogP contribution in [-0.2, 0) is 11.2 Å². The molecule has 0 bridgehead atoms. The highest BCUT2D eigenvalue weighted by Gasteiger charge is 2.54. The van der Waals surface area contributed by atoms with E-state index >= 15 is 0 Å². The number of rotatable bonds is 0. The number of hydrogen-bond acceptors (Lipinski definition) is 2. The van der Waals surface area contributed by atoms with E-state index in [0.717, 1.165) is 32.1 Å². The maximum absolute atomic E-state index is 12.3. The second kappa shape index (κ2) is 4.09. The third kappa shape index (κ3) is 1.54. The lowest BCUT2D eigenvalue weighted by atomic mass is 9.55. The van der Waals surface area contributed by atoms with Gasteiger partial charge in [0.15, 0.2) is 0 Å². The number of aromatic hydroxyl groups is 1. The molecule has 2 nitrogen and oxygen atoms in total. The van der Waals surface area contributed by atoms with E-state index in [0.29, 0.717) is 29.3 Å². The first-order valence-corrected chi connectivity index (χ1v) is 7.95. The molecule has 0 radical (unpaired) electrons. The molecule has 1 aromatic carbocycles. The Labute approximate surface area is 120 Å². The van der Waals surface area contributed by atoms with Crippen LogP contribution in [0.3, 0.4) is 0 Å². The summed E-state index contributed by atoms with van der Waals surface area (Å²) in [7, 11) is 0. The predicted octanol–water partition coefficient (Wildman–Crippen LogP) is 3.82. The lowest BCUT2D eigenvalue weighted by molar-refractivity contribution is -0.129. The van der Waals surface area contributed by atoms with E-state index in [4.69, 9.17) is 0 Å². The van der Waals surface area contributed by atoms with Crippen molar-refractivity contribution in [2.75, 3.05) is 0 Å². The molecular weight excluding hydrogens is 248 g/mol. The largest absolute Gasteiger partial charge is 0.508 e. The van der Waals surface area contributed by atoms with Crippen molar-refractivity contribution >= 4 is 5.78 Å². The van der Waals surface area contributed by atoms with Gasteiger partial charge in [0.05, 0.1) is 0 Å². The van der Waals surface area contributed by atoms with Crippen LogP contribution in [0.25, 0.3) is 0 Å². The monoisotopic (exact) mass is 270 g/mol. The number of ketones is 1. The van der Waals surface area contributed by atoms with Crippen molar-refractivity contribution in [2.24, 2.45) is 17.3 Å². The highest BCUT2D eigenvalue weighted by Crippen LogP contribution is 2.59. The smallest absolute Gasteiger partial charge is 0.139 e. The molecule has 0 amide bonds. The van der Waals surface area contributed by atoms with Crippen molar-refractivity contribution in [3.8, 4) is 5.75 Å². The fraction of sp³-hybridized carbons (Fsp3) is 0.611. The summed E-state index contributed by atoms with van der Waals surface area (Å²) < 4.78 is 0. The molecule has 0 heterocycles. The summed E-state index contributed by atoms with van der Waals surface area (Å²) in [6.45, 7) is 2.22. The van der Waals surface area contributed by atoms with Gasteiger partial charge >= 0.3 is 0 Å². The van der Waals surface area contributed by atoms with Crippen LogP contribution in [0, 0.1) is 17.3 Å². The van der Waals surface area contributed by atoms with Crippen LogP contribution in [0.15, 0.2) is 18.2 Å². The van der Waals surface area contributed by atoms with Gasteiger partial charge < -0.3 is 5.11 Å². The summed E-state index contributed by atoms with van der Waals surface area (Å²) in [5.41, 5.74) is 2.75. The van der Waals surface area contributed by atoms with Crippen molar-refractivity contribution in [3.63, 3.8) is 0 Å². The topological polar surface area (TPSA) is 37.3 Å². The zero-order valence-corrected chi connectivity index (χ0v) is 12.1. The van der Waals surface area contributed by atoms with Gasteiger partial charge in [0.25, 0.3) is 0 Å². The van der Waals surface area contributed by atoms with Crippen LogP contribution in [0.4, 0.5) is 0 Å². The molecule has 2 heteroatoms. The average Bonchev–Trinajstić information content (AvgIpc) is 2.74. The SMILES string of the molecule is C[C@@]12CC[C@H]3c4ccc(O)cc4CC[C@H]3[C@H]1CCC2=O. The minimum Gasteiger partial charge on any atom is -0.508 e. The Morgan fingerprint density at radius 3 is 2.90 bits per heavy atom. The molecule has 1 aromatic rings. The van der Waals surface area contributed by atoms with Gasteiger partial charge in [-0.1, -0.05) is 13.0 Å². The number of phenolic OH excluding ortho intramolecular Hbond substituents is 1. The third-order valence-corrected chi connectivity index (χ3v) is 6.42. The number of benzene rings is 1. The summed E-state index contributed by atoms with van der Waals surface area (Å²) in [5.74, 6) is 2.78. The Balaban J connectivity index is 1.73. The number of Topliss-reactive ketones (excluding diaryl/α,β-unsaturated/α-hetero) is 1. The van der Waals surface area contributed by atoms with Gasteiger partial charge in [-0.05, 0) is 73.1 Å². The van der Waals surface area contributed by atoms with E-state index in [2.05, 4.69) is 13.0 Å².